The van der Waals surface area contributed by atoms with Gasteiger partial charge in [-0.1, -0.05) is 12.1 Å². The van der Waals surface area contributed by atoms with Gasteiger partial charge in [0.05, 0.1) is 6.61 Å². The first-order chi connectivity index (χ1) is 15.8. The van der Waals surface area contributed by atoms with Crippen molar-refractivity contribution in [1.29, 1.82) is 0 Å². The third-order valence-electron chi connectivity index (χ3n) is 5.39. The normalized spacial score (nSPS) is 11.8. The predicted molar refractivity (Wildman–Crippen MR) is 128 cm³/mol. The second kappa shape index (κ2) is 10.7. The molecule has 174 valence electrons. The molecule has 0 aliphatic heterocycles. The van der Waals surface area contributed by atoms with Gasteiger partial charge in [0.15, 0.2) is 0 Å². The van der Waals surface area contributed by atoms with Crippen molar-refractivity contribution in [3.63, 3.8) is 0 Å². The van der Waals surface area contributed by atoms with Crippen LogP contribution in [0.4, 0.5) is 17.1 Å². The fraction of sp³-hybridized carbons (Fsp3) is 0.250. The average molecular weight is 453 g/mol. The number of carboxylic acids is 1. The minimum atomic E-state index is -1.14. The Morgan fingerprint density at radius 1 is 1.09 bits per heavy atom. The molecule has 3 aromatic carbocycles. The highest BCUT2D eigenvalue weighted by molar-refractivity contribution is 5.97. The zero-order chi connectivity index (χ0) is 24.0. The number of benzene rings is 3. The van der Waals surface area contributed by atoms with Crippen LogP contribution in [0.5, 0.6) is 0 Å². The molecule has 0 spiro atoms. The number of amides is 1. The summed E-state index contributed by atoms with van der Waals surface area (Å²) in [5, 5.41) is 22.1. The average Bonchev–Trinajstić information content (AvgIpc) is 2.78. The van der Waals surface area contributed by atoms with Gasteiger partial charge in [0.2, 0.25) is 0 Å². The molecule has 3 rings (SSSR count). The Labute approximate surface area is 191 Å². The van der Waals surface area contributed by atoms with Gasteiger partial charge in [0.1, 0.15) is 6.04 Å². The highest BCUT2D eigenvalue weighted by atomic mass is 17.1. The maximum Gasteiger partial charge on any atom is 0.326 e. The number of nitrogens with one attached hydrogen (secondary N) is 1. The van der Waals surface area contributed by atoms with Crippen molar-refractivity contribution in [3.05, 3.63) is 65.7 Å². The molecule has 3 aromatic rings. The smallest absolute Gasteiger partial charge is 0.326 e. The van der Waals surface area contributed by atoms with Crippen molar-refractivity contribution in [2.24, 2.45) is 0 Å². The summed E-state index contributed by atoms with van der Waals surface area (Å²) in [5.74, 6) is -1.62. The van der Waals surface area contributed by atoms with Gasteiger partial charge >= 0.3 is 5.97 Å². The van der Waals surface area contributed by atoms with E-state index in [1.807, 2.05) is 36.2 Å². The first-order valence-electron chi connectivity index (χ1n) is 10.5. The molecule has 0 fully saturated rings. The molecule has 1 amide bonds. The lowest BCUT2D eigenvalue weighted by molar-refractivity contribution is -0.242. The van der Waals surface area contributed by atoms with E-state index in [1.54, 1.807) is 30.3 Å². The van der Waals surface area contributed by atoms with E-state index in [0.717, 1.165) is 22.0 Å². The Morgan fingerprint density at radius 2 is 1.82 bits per heavy atom. The number of carbonyl (C=O) groups excluding carboxylic acids is 1. The number of nitrogen functional groups attached to an aromatic ring is 2. The molecule has 33 heavy (non-hydrogen) atoms. The van der Waals surface area contributed by atoms with Gasteiger partial charge in [-0.3, -0.25) is 10.1 Å². The van der Waals surface area contributed by atoms with Crippen LogP contribution in [0.1, 0.15) is 28.8 Å². The molecule has 1 unspecified atom stereocenters. The Balaban J connectivity index is 1.66. The van der Waals surface area contributed by atoms with Gasteiger partial charge in [-0.05, 0) is 66.3 Å². The van der Waals surface area contributed by atoms with Crippen LogP contribution < -0.4 is 21.7 Å². The van der Waals surface area contributed by atoms with E-state index in [2.05, 4.69) is 10.2 Å². The molecule has 0 aliphatic rings. The number of hydrogen-bond donors (Lipinski definition) is 5. The number of aliphatic carboxylic acids is 1. The molecule has 1 atom stereocenters. The second-order valence-electron chi connectivity index (χ2n) is 7.91. The quantitative estimate of drug-likeness (QED) is 0.136. The molecule has 7 N–H and O–H groups in total. The molecule has 0 aromatic heterocycles. The monoisotopic (exact) mass is 452 g/mol. The first kappa shape index (κ1) is 23.8. The maximum atomic E-state index is 12.5. The summed E-state index contributed by atoms with van der Waals surface area (Å²) in [6, 6.07) is 15.5. The predicted octanol–water partition coefficient (Wildman–Crippen LogP) is 3.09. The number of fused-ring (bicyclic) bond motifs is 1. The van der Waals surface area contributed by atoms with Crippen LogP contribution in [0.25, 0.3) is 10.8 Å². The maximum absolute atomic E-state index is 12.5. The summed E-state index contributed by atoms with van der Waals surface area (Å²) >= 11 is 0. The molecular formula is C24H28N4O5. The Morgan fingerprint density at radius 3 is 2.48 bits per heavy atom. The number of nitrogens with zero attached hydrogens (tertiary/aromatic N) is 1. The summed E-state index contributed by atoms with van der Waals surface area (Å²) in [5.41, 5.74) is 15.6. The summed E-state index contributed by atoms with van der Waals surface area (Å²) < 4.78 is 0. The van der Waals surface area contributed by atoms with Crippen molar-refractivity contribution in [3.8, 4) is 0 Å². The van der Waals surface area contributed by atoms with Crippen LogP contribution in [0.15, 0.2) is 54.6 Å². The molecule has 0 radical (unpaired) electrons. The fourth-order valence-corrected chi connectivity index (χ4v) is 3.64. The number of nitrogens with two attached hydrogens (primary N) is 2. The van der Waals surface area contributed by atoms with Crippen LogP contribution in [-0.4, -0.2) is 41.9 Å². The molecule has 0 saturated carbocycles. The molecular weight excluding hydrogens is 424 g/mol. The van der Waals surface area contributed by atoms with Crippen molar-refractivity contribution in [1.82, 2.24) is 5.32 Å². The summed E-state index contributed by atoms with van der Waals surface area (Å²) in [7, 11) is 1.94. The van der Waals surface area contributed by atoms with E-state index >= 15 is 0 Å². The zero-order valence-electron chi connectivity index (χ0n) is 18.3. The molecule has 9 nitrogen and oxygen atoms in total. The third kappa shape index (κ3) is 6.12. The van der Waals surface area contributed by atoms with Crippen molar-refractivity contribution < 1.29 is 24.8 Å². The van der Waals surface area contributed by atoms with Crippen LogP contribution in [0.2, 0.25) is 0 Å². The summed E-state index contributed by atoms with van der Waals surface area (Å²) in [6.45, 7) is 0.623. The highest BCUT2D eigenvalue weighted by Gasteiger charge is 2.20. The Kier molecular flexibility index (Phi) is 7.70. The van der Waals surface area contributed by atoms with Crippen LogP contribution in [0, 0.1) is 0 Å². The molecule has 9 heteroatoms. The fourth-order valence-electron chi connectivity index (χ4n) is 3.64. The van der Waals surface area contributed by atoms with Crippen molar-refractivity contribution in [2.45, 2.75) is 25.4 Å². The van der Waals surface area contributed by atoms with Crippen molar-refractivity contribution in [2.75, 3.05) is 30.0 Å². The minimum absolute atomic E-state index is 0.00145. The number of carbonyl (C=O) groups is 2. The van der Waals surface area contributed by atoms with Crippen LogP contribution in [-0.2, 0) is 16.2 Å². The Bertz CT molecular complexity index is 1130. The SMILES string of the molecule is CN(Cc1ccc2cc(N)cc(N)c2c1)c1ccc(C(=O)NC(CCCOO)C(=O)O)cc1. The number of anilines is 3. The lowest BCUT2D eigenvalue weighted by atomic mass is 10.0. The van der Waals surface area contributed by atoms with Gasteiger partial charge < -0.3 is 26.8 Å². The van der Waals surface area contributed by atoms with Crippen LogP contribution >= 0.6 is 0 Å². The van der Waals surface area contributed by atoms with Crippen molar-refractivity contribution >= 4 is 39.7 Å². The molecule has 0 aliphatic carbocycles. The zero-order valence-corrected chi connectivity index (χ0v) is 18.3. The third-order valence-corrected chi connectivity index (χ3v) is 5.39. The molecule has 0 heterocycles. The van der Waals surface area contributed by atoms with E-state index in [0.29, 0.717) is 29.9 Å². The van der Waals surface area contributed by atoms with Gasteiger partial charge in [-0.2, -0.15) is 0 Å². The lowest BCUT2D eigenvalue weighted by Gasteiger charge is -2.20. The van der Waals surface area contributed by atoms with Gasteiger partial charge in [-0.15, -0.1) is 0 Å². The van der Waals surface area contributed by atoms with E-state index < -0.39 is 17.9 Å². The Hall–Kier alpha value is -3.82. The topological polar surface area (TPSA) is 151 Å². The number of hydrogen-bond acceptors (Lipinski definition) is 7. The summed E-state index contributed by atoms with van der Waals surface area (Å²) in [4.78, 5) is 29.8. The number of carboxylic acid groups (broad SMARTS) is 1. The second-order valence-corrected chi connectivity index (χ2v) is 7.91. The van der Waals surface area contributed by atoms with E-state index in [-0.39, 0.29) is 13.0 Å². The first-order valence-corrected chi connectivity index (χ1v) is 10.5. The molecule has 0 bridgehead atoms. The van der Waals surface area contributed by atoms with Crippen LogP contribution in [0.3, 0.4) is 0 Å². The minimum Gasteiger partial charge on any atom is -0.480 e. The highest BCUT2D eigenvalue weighted by Crippen LogP contribution is 2.26. The lowest BCUT2D eigenvalue weighted by Crippen LogP contribution is -2.40. The van der Waals surface area contributed by atoms with Gasteiger partial charge in [0.25, 0.3) is 5.91 Å². The summed E-state index contributed by atoms with van der Waals surface area (Å²) in [6.07, 6.45) is 0.441. The van der Waals surface area contributed by atoms with Gasteiger partial charge in [-0.25, -0.2) is 9.68 Å². The van der Waals surface area contributed by atoms with E-state index in [9.17, 15) is 14.7 Å². The van der Waals surface area contributed by atoms with E-state index in [1.165, 1.54) is 0 Å². The molecule has 0 saturated heterocycles. The van der Waals surface area contributed by atoms with E-state index in [4.69, 9.17) is 16.7 Å². The standard InChI is InChI=1S/C24H28N4O5/c1-28(14-15-4-5-17-12-18(25)13-21(26)20(17)11-15)19-8-6-16(7-9-19)23(29)27-22(24(30)31)3-2-10-33-32/h4-9,11-13,22,32H,2-3,10,14,25-26H2,1H3,(H,27,29)(H,30,31). The number of rotatable bonds is 10. The van der Waals surface area contributed by atoms with Gasteiger partial charge in [0, 0.05) is 41.6 Å². The largest absolute Gasteiger partial charge is 0.480 e.